The van der Waals surface area contributed by atoms with Gasteiger partial charge in [-0.15, -0.1) is 11.3 Å². The molecule has 7 heteroatoms. The molecule has 0 saturated heterocycles. The summed E-state index contributed by atoms with van der Waals surface area (Å²) in [5.41, 5.74) is 2.38. The first-order valence-corrected chi connectivity index (χ1v) is 11.3. The molecule has 0 amide bonds. The number of H-pyrrole nitrogens is 1. The Labute approximate surface area is 180 Å². The lowest BCUT2D eigenvalue weighted by Gasteiger charge is -2.21. The van der Waals surface area contributed by atoms with Crippen LogP contribution in [-0.2, 0) is 19.4 Å². The third-order valence-electron chi connectivity index (χ3n) is 6.26. The third-order valence-corrected chi connectivity index (χ3v) is 7.41. The monoisotopic (exact) mass is 428 g/mol. The van der Waals surface area contributed by atoms with Gasteiger partial charge < -0.3 is 19.4 Å². The lowest BCUT2D eigenvalue weighted by atomic mass is 9.89. The molecule has 0 radical (unpaired) electrons. The highest BCUT2D eigenvalue weighted by molar-refractivity contribution is 7.18. The Hall–Kier alpha value is -2.38. The SMILES string of the molecule is COc1ccc(C[NH+](C)[C@@H](C)c2nc3sc4c(c3c(=O)[nH]2)CC[C@@H](C)C4)cc1OC. The highest BCUT2D eigenvalue weighted by Crippen LogP contribution is 2.35. The van der Waals surface area contributed by atoms with Crippen molar-refractivity contribution in [2.75, 3.05) is 21.3 Å². The zero-order valence-electron chi connectivity index (χ0n) is 18.3. The highest BCUT2D eigenvalue weighted by Gasteiger charge is 2.25. The van der Waals surface area contributed by atoms with Gasteiger partial charge in [0, 0.05) is 10.4 Å². The molecular formula is C23H30N3O3S+. The van der Waals surface area contributed by atoms with Gasteiger partial charge in [-0.2, -0.15) is 0 Å². The van der Waals surface area contributed by atoms with E-state index in [1.165, 1.54) is 15.3 Å². The lowest BCUT2D eigenvalue weighted by Crippen LogP contribution is -3.07. The van der Waals surface area contributed by atoms with Crippen LogP contribution < -0.4 is 19.9 Å². The Morgan fingerprint density at radius 3 is 2.80 bits per heavy atom. The first kappa shape index (κ1) is 20.9. The van der Waals surface area contributed by atoms with E-state index in [1.54, 1.807) is 25.6 Å². The number of fused-ring (bicyclic) bond motifs is 3. The molecule has 30 heavy (non-hydrogen) atoms. The number of hydrogen-bond donors (Lipinski definition) is 2. The number of hydrogen-bond acceptors (Lipinski definition) is 5. The van der Waals surface area contributed by atoms with E-state index in [1.807, 2.05) is 18.2 Å². The first-order valence-electron chi connectivity index (χ1n) is 10.5. The van der Waals surface area contributed by atoms with Crippen LogP contribution in [0.15, 0.2) is 23.0 Å². The number of nitrogens with one attached hydrogen (secondary N) is 2. The molecule has 2 aromatic heterocycles. The molecule has 0 saturated carbocycles. The number of aromatic nitrogens is 2. The Morgan fingerprint density at radius 1 is 1.30 bits per heavy atom. The zero-order valence-corrected chi connectivity index (χ0v) is 19.1. The van der Waals surface area contributed by atoms with Crippen molar-refractivity contribution < 1.29 is 14.4 Å². The number of ether oxygens (including phenoxy) is 2. The molecule has 4 rings (SSSR count). The van der Waals surface area contributed by atoms with Crippen molar-refractivity contribution in [1.29, 1.82) is 0 Å². The summed E-state index contributed by atoms with van der Waals surface area (Å²) < 4.78 is 10.7. The van der Waals surface area contributed by atoms with Crippen LogP contribution in [0.1, 0.15) is 48.1 Å². The molecule has 0 spiro atoms. The number of methoxy groups -OCH3 is 2. The van der Waals surface area contributed by atoms with E-state index in [0.29, 0.717) is 5.92 Å². The molecule has 0 bridgehead atoms. The van der Waals surface area contributed by atoms with Crippen molar-refractivity contribution >= 4 is 21.6 Å². The molecule has 0 fully saturated rings. The van der Waals surface area contributed by atoms with Crippen LogP contribution in [0.5, 0.6) is 11.5 Å². The van der Waals surface area contributed by atoms with Crippen LogP contribution in [0.4, 0.5) is 0 Å². The molecule has 1 aromatic carbocycles. The molecule has 0 aliphatic heterocycles. The fraction of sp³-hybridized carbons (Fsp3) is 0.478. The van der Waals surface area contributed by atoms with Gasteiger partial charge in [0.2, 0.25) is 0 Å². The quantitative estimate of drug-likeness (QED) is 0.634. The van der Waals surface area contributed by atoms with E-state index in [9.17, 15) is 4.79 Å². The largest absolute Gasteiger partial charge is 0.493 e. The van der Waals surface area contributed by atoms with E-state index < -0.39 is 0 Å². The van der Waals surface area contributed by atoms with Crippen LogP contribution >= 0.6 is 11.3 Å². The fourth-order valence-corrected chi connectivity index (χ4v) is 5.66. The Bertz CT molecular complexity index is 1120. The standard InChI is InChI=1S/C23H29N3O3S/c1-13-6-8-16-19(10-13)30-23-20(16)22(27)24-21(25-23)14(2)26(3)12-15-7-9-17(28-4)18(11-15)29-5/h7,9,11,13-14H,6,8,10,12H2,1-5H3,(H,24,25,27)/p+1/t13-,14+/m1/s1. The number of thiophene rings is 1. The van der Waals surface area contributed by atoms with Crippen molar-refractivity contribution in [3.05, 3.63) is 50.4 Å². The van der Waals surface area contributed by atoms with Crippen molar-refractivity contribution in [3.63, 3.8) is 0 Å². The van der Waals surface area contributed by atoms with Gasteiger partial charge in [-0.1, -0.05) is 6.92 Å². The minimum absolute atomic E-state index is 0.00724. The summed E-state index contributed by atoms with van der Waals surface area (Å²) in [6, 6.07) is 6.03. The minimum Gasteiger partial charge on any atom is -0.493 e. The van der Waals surface area contributed by atoms with Crippen LogP contribution in [0, 0.1) is 5.92 Å². The molecule has 6 nitrogen and oxygen atoms in total. The second kappa shape index (κ2) is 8.40. The van der Waals surface area contributed by atoms with Gasteiger partial charge in [0.15, 0.2) is 17.3 Å². The average molecular weight is 429 g/mol. The molecule has 3 atom stereocenters. The number of benzene rings is 1. The normalized spacial score (nSPS) is 18.1. The van der Waals surface area contributed by atoms with E-state index in [2.05, 4.69) is 25.9 Å². The maximum atomic E-state index is 12.9. The molecule has 1 aliphatic rings. The molecule has 160 valence electrons. The summed E-state index contributed by atoms with van der Waals surface area (Å²) in [6.45, 7) is 5.17. The smallest absolute Gasteiger partial charge is 0.260 e. The van der Waals surface area contributed by atoms with Crippen LogP contribution in [0.2, 0.25) is 0 Å². The van der Waals surface area contributed by atoms with Crippen molar-refractivity contribution in [1.82, 2.24) is 9.97 Å². The second-order valence-corrected chi connectivity index (χ2v) is 9.50. The predicted molar refractivity (Wildman–Crippen MR) is 120 cm³/mol. The van der Waals surface area contributed by atoms with Crippen LogP contribution in [-0.4, -0.2) is 31.2 Å². The molecule has 2 heterocycles. The minimum atomic E-state index is 0.00724. The highest BCUT2D eigenvalue weighted by atomic mass is 32.1. The zero-order chi connectivity index (χ0) is 21.4. The van der Waals surface area contributed by atoms with Crippen molar-refractivity contribution in [3.8, 4) is 11.5 Å². The summed E-state index contributed by atoms with van der Waals surface area (Å²) in [5.74, 6) is 2.87. The van der Waals surface area contributed by atoms with Gasteiger partial charge >= 0.3 is 0 Å². The number of rotatable bonds is 6. The summed E-state index contributed by atoms with van der Waals surface area (Å²) in [5, 5.41) is 0.815. The number of nitrogens with zero attached hydrogens (tertiary/aromatic N) is 1. The van der Waals surface area contributed by atoms with Gasteiger partial charge in [0.1, 0.15) is 17.4 Å². The van der Waals surface area contributed by atoms with Crippen LogP contribution in [0.25, 0.3) is 10.2 Å². The summed E-state index contributed by atoms with van der Waals surface area (Å²) in [6.07, 6.45) is 3.19. The summed E-state index contributed by atoms with van der Waals surface area (Å²) >= 11 is 1.70. The van der Waals surface area contributed by atoms with Gasteiger partial charge in [0.25, 0.3) is 5.56 Å². The van der Waals surface area contributed by atoms with Crippen molar-refractivity contribution in [2.24, 2.45) is 5.92 Å². The molecule has 1 aliphatic carbocycles. The molecular weight excluding hydrogens is 398 g/mol. The van der Waals surface area contributed by atoms with E-state index in [-0.39, 0.29) is 11.6 Å². The Balaban J connectivity index is 1.60. The first-order chi connectivity index (χ1) is 14.4. The van der Waals surface area contributed by atoms with E-state index in [4.69, 9.17) is 14.5 Å². The maximum Gasteiger partial charge on any atom is 0.260 e. The Morgan fingerprint density at radius 2 is 2.07 bits per heavy atom. The average Bonchev–Trinajstić information content (AvgIpc) is 3.10. The van der Waals surface area contributed by atoms with Crippen molar-refractivity contribution in [2.45, 2.75) is 45.7 Å². The van der Waals surface area contributed by atoms with Gasteiger partial charge in [-0.05, 0) is 55.9 Å². The fourth-order valence-electron chi connectivity index (χ4n) is 4.27. The lowest BCUT2D eigenvalue weighted by molar-refractivity contribution is -0.924. The van der Waals surface area contributed by atoms with E-state index >= 15 is 0 Å². The molecule has 1 unspecified atom stereocenters. The number of aromatic amines is 1. The summed E-state index contributed by atoms with van der Waals surface area (Å²) in [7, 11) is 5.40. The van der Waals surface area contributed by atoms with Gasteiger partial charge in [0.05, 0.1) is 26.7 Å². The third kappa shape index (κ3) is 3.84. The Kier molecular flexibility index (Phi) is 5.84. The molecule has 2 N–H and O–H groups in total. The maximum absolute atomic E-state index is 12.9. The topological polar surface area (TPSA) is 68.7 Å². The second-order valence-electron chi connectivity index (χ2n) is 8.42. The summed E-state index contributed by atoms with van der Waals surface area (Å²) in [4.78, 5) is 24.4. The number of aryl methyl sites for hydroxylation is 1. The van der Waals surface area contributed by atoms with Gasteiger partial charge in [-0.3, -0.25) is 4.79 Å². The van der Waals surface area contributed by atoms with Crippen LogP contribution in [0.3, 0.4) is 0 Å². The van der Waals surface area contributed by atoms with Gasteiger partial charge in [-0.25, -0.2) is 4.98 Å². The van der Waals surface area contributed by atoms with E-state index in [0.717, 1.165) is 58.9 Å². The number of quaternary nitrogens is 1. The molecule has 3 aromatic rings. The predicted octanol–water partition coefficient (Wildman–Crippen LogP) is 2.90.